The number of hydrogen-bond donors (Lipinski definition) is 2. The third-order valence-electron chi connectivity index (χ3n) is 5.42. The van der Waals surface area contributed by atoms with E-state index in [1.165, 1.54) is 31.0 Å². The molecule has 1 fully saturated rings. The van der Waals surface area contributed by atoms with E-state index < -0.39 is 0 Å². The molecule has 170 valence electrons. The van der Waals surface area contributed by atoms with Crippen LogP contribution in [0.15, 0.2) is 40.0 Å². The van der Waals surface area contributed by atoms with E-state index in [9.17, 15) is 4.79 Å². The second kappa shape index (κ2) is 10.5. The number of methoxy groups -OCH3 is 1. The number of carbonyl (C=O) groups is 1. The number of carbonyl (C=O) groups excluding carboxylic acids is 1. The van der Waals surface area contributed by atoms with Crippen LogP contribution in [0.3, 0.4) is 0 Å². The number of nitrogens with zero attached hydrogens (tertiary/aromatic N) is 4. The Morgan fingerprint density at radius 2 is 2.09 bits per heavy atom. The lowest BCUT2D eigenvalue weighted by Crippen LogP contribution is -2.19. The molecule has 0 atom stereocenters. The molecule has 10 heteroatoms. The second-order valence-electron chi connectivity index (χ2n) is 7.81. The zero-order chi connectivity index (χ0) is 22.3. The quantitative estimate of drug-likeness (QED) is 0.455. The van der Waals surface area contributed by atoms with Gasteiger partial charge < -0.3 is 24.5 Å². The summed E-state index contributed by atoms with van der Waals surface area (Å²) in [5, 5.41) is 19.6. The first-order valence-electron chi connectivity index (χ1n) is 10.8. The predicted molar refractivity (Wildman–Crippen MR) is 123 cm³/mol. The minimum absolute atomic E-state index is 0.155. The monoisotopic (exact) mass is 456 g/mol. The summed E-state index contributed by atoms with van der Waals surface area (Å²) < 4.78 is 12.5. The maximum absolute atomic E-state index is 12.4. The average Bonchev–Trinajstić information content (AvgIpc) is 3.42. The SMILES string of the molecule is COc1cccc(NCc2nnc(SCC(=O)Nc3cc(C)on3)n2C2CCCCC2)c1. The fourth-order valence-corrected chi connectivity index (χ4v) is 4.71. The summed E-state index contributed by atoms with van der Waals surface area (Å²) in [5.74, 6) is 2.81. The van der Waals surface area contributed by atoms with E-state index in [0.29, 0.717) is 24.2 Å². The first-order valence-corrected chi connectivity index (χ1v) is 11.8. The number of aryl methyl sites for hydroxylation is 1. The molecule has 3 aromatic rings. The van der Waals surface area contributed by atoms with Crippen molar-refractivity contribution in [3.05, 3.63) is 41.9 Å². The number of aromatic nitrogens is 4. The first-order chi connectivity index (χ1) is 15.6. The number of hydrogen-bond acceptors (Lipinski definition) is 8. The number of thioether (sulfide) groups is 1. The van der Waals surface area contributed by atoms with Gasteiger partial charge in [0.2, 0.25) is 5.91 Å². The molecule has 0 unspecified atom stereocenters. The van der Waals surface area contributed by atoms with Gasteiger partial charge in [-0.3, -0.25) is 4.79 Å². The minimum atomic E-state index is -0.155. The Kier molecular flexibility index (Phi) is 7.31. The molecule has 2 heterocycles. The number of benzene rings is 1. The highest BCUT2D eigenvalue weighted by Gasteiger charge is 2.23. The highest BCUT2D eigenvalue weighted by atomic mass is 32.2. The molecule has 4 rings (SSSR count). The van der Waals surface area contributed by atoms with Crippen molar-refractivity contribution in [3.8, 4) is 5.75 Å². The fourth-order valence-electron chi connectivity index (χ4n) is 3.88. The van der Waals surface area contributed by atoms with Crippen LogP contribution in [0.25, 0.3) is 0 Å². The lowest BCUT2D eigenvalue weighted by Gasteiger charge is -2.25. The topological polar surface area (TPSA) is 107 Å². The zero-order valence-electron chi connectivity index (χ0n) is 18.3. The standard InChI is InChI=1S/C22H28N6O3S/c1-15-11-19(27-31-15)24-21(29)14-32-22-26-25-20(28(22)17-8-4-3-5-9-17)13-23-16-7-6-10-18(12-16)30-2/h6-7,10-12,17,23H,3-5,8-9,13-14H2,1-2H3,(H,24,27,29). The highest BCUT2D eigenvalue weighted by Crippen LogP contribution is 2.33. The van der Waals surface area contributed by atoms with Gasteiger partial charge >= 0.3 is 0 Å². The summed E-state index contributed by atoms with van der Waals surface area (Å²) in [4.78, 5) is 12.4. The Bertz CT molecular complexity index is 1040. The van der Waals surface area contributed by atoms with Crippen molar-refractivity contribution in [3.63, 3.8) is 0 Å². The van der Waals surface area contributed by atoms with Crippen LogP contribution < -0.4 is 15.4 Å². The van der Waals surface area contributed by atoms with E-state index in [0.717, 1.165) is 35.3 Å². The summed E-state index contributed by atoms with van der Waals surface area (Å²) in [5.41, 5.74) is 0.957. The largest absolute Gasteiger partial charge is 0.497 e. The number of ether oxygens (including phenoxy) is 1. The van der Waals surface area contributed by atoms with Crippen molar-refractivity contribution in [1.82, 2.24) is 19.9 Å². The van der Waals surface area contributed by atoms with Gasteiger partial charge in [-0.15, -0.1) is 10.2 Å². The Morgan fingerprint density at radius 1 is 1.25 bits per heavy atom. The van der Waals surface area contributed by atoms with Crippen molar-refractivity contribution in [1.29, 1.82) is 0 Å². The second-order valence-corrected chi connectivity index (χ2v) is 8.75. The molecule has 1 amide bonds. The summed E-state index contributed by atoms with van der Waals surface area (Å²) in [6.07, 6.45) is 5.85. The van der Waals surface area contributed by atoms with Gasteiger partial charge in [0.05, 0.1) is 19.4 Å². The Hall–Kier alpha value is -3.01. The number of amides is 1. The summed E-state index contributed by atoms with van der Waals surface area (Å²) >= 11 is 1.39. The normalized spacial score (nSPS) is 14.3. The van der Waals surface area contributed by atoms with E-state index >= 15 is 0 Å². The van der Waals surface area contributed by atoms with Crippen LogP contribution in [0, 0.1) is 6.92 Å². The smallest absolute Gasteiger partial charge is 0.236 e. The van der Waals surface area contributed by atoms with Crippen molar-refractivity contribution >= 4 is 29.2 Å². The molecule has 2 N–H and O–H groups in total. The molecule has 0 bridgehead atoms. The molecule has 9 nitrogen and oxygen atoms in total. The molecule has 1 aliphatic carbocycles. The van der Waals surface area contributed by atoms with Gasteiger partial charge in [-0.2, -0.15) is 0 Å². The third-order valence-corrected chi connectivity index (χ3v) is 6.37. The first kappa shape index (κ1) is 22.2. The van der Waals surface area contributed by atoms with Crippen LogP contribution in [0.5, 0.6) is 5.75 Å². The zero-order valence-corrected chi connectivity index (χ0v) is 19.2. The van der Waals surface area contributed by atoms with Crippen LogP contribution in [0.4, 0.5) is 11.5 Å². The Balaban J connectivity index is 1.45. The van der Waals surface area contributed by atoms with E-state index in [1.807, 2.05) is 24.3 Å². The maximum atomic E-state index is 12.4. The van der Waals surface area contributed by atoms with Crippen molar-refractivity contribution in [2.24, 2.45) is 0 Å². The number of nitrogens with one attached hydrogen (secondary N) is 2. The Morgan fingerprint density at radius 3 is 2.84 bits per heavy atom. The van der Waals surface area contributed by atoms with Gasteiger partial charge in [-0.25, -0.2) is 0 Å². The van der Waals surface area contributed by atoms with Gasteiger partial charge in [0.25, 0.3) is 0 Å². The number of rotatable bonds is 9. The van der Waals surface area contributed by atoms with Crippen LogP contribution in [-0.2, 0) is 11.3 Å². The van der Waals surface area contributed by atoms with Gasteiger partial charge in [-0.1, -0.05) is 42.2 Å². The van der Waals surface area contributed by atoms with Crippen molar-refractivity contribution in [2.75, 3.05) is 23.5 Å². The van der Waals surface area contributed by atoms with Crippen LogP contribution >= 0.6 is 11.8 Å². The predicted octanol–water partition coefficient (Wildman–Crippen LogP) is 4.43. The van der Waals surface area contributed by atoms with E-state index in [2.05, 4.69) is 30.6 Å². The van der Waals surface area contributed by atoms with Crippen molar-refractivity contribution < 1.29 is 14.1 Å². The summed E-state index contributed by atoms with van der Waals surface area (Å²) in [7, 11) is 1.66. The van der Waals surface area contributed by atoms with Crippen molar-refractivity contribution in [2.45, 2.75) is 56.8 Å². The molecule has 1 aromatic carbocycles. The molecule has 0 aliphatic heterocycles. The lowest BCUT2D eigenvalue weighted by atomic mass is 9.95. The molecule has 0 radical (unpaired) electrons. The minimum Gasteiger partial charge on any atom is -0.497 e. The van der Waals surface area contributed by atoms with E-state index in [4.69, 9.17) is 9.26 Å². The molecular formula is C22H28N6O3S. The van der Waals surface area contributed by atoms with Gasteiger partial charge in [0.15, 0.2) is 16.8 Å². The van der Waals surface area contributed by atoms with Gasteiger partial charge in [-0.05, 0) is 31.9 Å². The third kappa shape index (κ3) is 5.61. The lowest BCUT2D eigenvalue weighted by molar-refractivity contribution is -0.113. The van der Waals surface area contributed by atoms with E-state index in [1.54, 1.807) is 20.1 Å². The molecule has 0 saturated heterocycles. The van der Waals surface area contributed by atoms with Crippen LogP contribution in [0.2, 0.25) is 0 Å². The van der Waals surface area contributed by atoms with Crippen LogP contribution in [-0.4, -0.2) is 38.7 Å². The summed E-state index contributed by atoms with van der Waals surface area (Å²) in [6, 6.07) is 9.85. The van der Waals surface area contributed by atoms with E-state index in [-0.39, 0.29) is 11.7 Å². The highest BCUT2D eigenvalue weighted by molar-refractivity contribution is 7.99. The maximum Gasteiger partial charge on any atom is 0.236 e. The molecule has 1 aliphatic rings. The van der Waals surface area contributed by atoms with Gasteiger partial charge in [0.1, 0.15) is 11.5 Å². The molecule has 0 spiro atoms. The average molecular weight is 457 g/mol. The molecule has 32 heavy (non-hydrogen) atoms. The fraction of sp³-hybridized carbons (Fsp3) is 0.455. The number of anilines is 2. The Labute approximate surface area is 191 Å². The van der Waals surface area contributed by atoms with Gasteiger partial charge in [0, 0.05) is 23.9 Å². The van der Waals surface area contributed by atoms with Crippen LogP contribution in [0.1, 0.15) is 49.7 Å². The molecular weight excluding hydrogens is 428 g/mol. The molecule has 2 aromatic heterocycles. The molecule has 1 saturated carbocycles. The summed E-state index contributed by atoms with van der Waals surface area (Å²) in [6.45, 7) is 2.33.